The third kappa shape index (κ3) is 4.29. The van der Waals surface area contributed by atoms with E-state index in [1.807, 2.05) is 13.8 Å². The number of hydrogen-bond donors (Lipinski definition) is 1. The number of halogens is 3. The molecule has 1 rings (SSSR count). The number of nitrogens with zero attached hydrogens (tertiary/aromatic N) is 1. The van der Waals surface area contributed by atoms with Gasteiger partial charge >= 0.3 is 6.18 Å². The number of likely N-dealkylation sites (N-methyl/N-ethyl adjacent to an activating group) is 1. The van der Waals surface area contributed by atoms with Gasteiger partial charge in [0.1, 0.15) is 0 Å². The minimum absolute atomic E-state index is 0.0286. The molecular weight excluding hydrogens is 217 g/mol. The monoisotopic (exact) mass is 238 g/mol. The zero-order valence-electron chi connectivity index (χ0n) is 10.1. The number of hydrogen-bond acceptors (Lipinski definition) is 2. The van der Waals surface area contributed by atoms with E-state index in [0.717, 1.165) is 12.8 Å². The minimum atomic E-state index is -4.09. The van der Waals surface area contributed by atoms with Crippen molar-refractivity contribution in [3.05, 3.63) is 0 Å². The molecule has 1 aliphatic rings. The van der Waals surface area contributed by atoms with Crippen LogP contribution in [0.25, 0.3) is 0 Å². The van der Waals surface area contributed by atoms with Gasteiger partial charge in [0.05, 0.1) is 6.54 Å². The lowest BCUT2D eigenvalue weighted by molar-refractivity contribution is -0.154. The van der Waals surface area contributed by atoms with Crippen LogP contribution < -0.4 is 5.32 Å². The zero-order chi connectivity index (χ0) is 12.3. The fraction of sp³-hybridized carbons (Fsp3) is 1.00. The van der Waals surface area contributed by atoms with Crippen molar-refractivity contribution < 1.29 is 13.2 Å². The van der Waals surface area contributed by atoms with Gasteiger partial charge in [0.2, 0.25) is 0 Å². The maximum absolute atomic E-state index is 12.5. The van der Waals surface area contributed by atoms with Gasteiger partial charge in [-0.15, -0.1) is 0 Å². The lowest BCUT2D eigenvalue weighted by Crippen LogP contribution is -2.49. The highest BCUT2D eigenvalue weighted by atomic mass is 19.4. The van der Waals surface area contributed by atoms with E-state index in [-0.39, 0.29) is 18.0 Å². The maximum atomic E-state index is 12.5. The second-order valence-corrected chi connectivity index (χ2v) is 4.89. The molecule has 0 aromatic carbocycles. The van der Waals surface area contributed by atoms with Gasteiger partial charge in [-0.3, -0.25) is 4.90 Å². The van der Waals surface area contributed by atoms with E-state index < -0.39 is 12.7 Å². The summed E-state index contributed by atoms with van der Waals surface area (Å²) in [5.74, 6) is 0.232. The molecule has 0 heterocycles. The molecule has 2 nitrogen and oxygen atoms in total. The van der Waals surface area contributed by atoms with Crippen LogP contribution in [0.4, 0.5) is 13.2 Å². The molecule has 0 radical (unpaired) electrons. The number of rotatable bonds is 6. The largest absolute Gasteiger partial charge is 0.401 e. The first kappa shape index (κ1) is 13.8. The molecule has 1 fully saturated rings. The van der Waals surface area contributed by atoms with Crippen molar-refractivity contribution in [2.24, 2.45) is 5.92 Å². The molecule has 0 spiro atoms. The van der Waals surface area contributed by atoms with E-state index >= 15 is 0 Å². The van der Waals surface area contributed by atoms with Crippen LogP contribution in [-0.2, 0) is 0 Å². The van der Waals surface area contributed by atoms with Crippen LogP contribution in [0, 0.1) is 5.92 Å². The topological polar surface area (TPSA) is 15.3 Å². The van der Waals surface area contributed by atoms with E-state index in [1.165, 1.54) is 0 Å². The average Bonchev–Trinajstić information content (AvgIpc) is 2.91. The fourth-order valence-electron chi connectivity index (χ4n) is 2.08. The van der Waals surface area contributed by atoms with Crippen LogP contribution in [0.5, 0.6) is 0 Å². The summed E-state index contributed by atoms with van der Waals surface area (Å²) in [4.78, 5) is 1.63. The number of alkyl halides is 3. The highest BCUT2D eigenvalue weighted by molar-refractivity contribution is 4.91. The van der Waals surface area contributed by atoms with Crippen molar-refractivity contribution in [1.29, 1.82) is 0 Å². The Labute approximate surface area is 95.2 Å². The van der Waals surface area contributed by atoms with Gasteiger partial charge < -0.3 is 5.32 Å². The quantitative estimate of drug-likeness (QED) is 0.763. The summed E-state index contributed by atoms with van der Waals surface area (Å²) in [7, 11) is 1.79. The molecule has 5 heteroatoms. The predicted molar refractivity (Wildman–Crippen MR) is 58.3 cm³/mol. The molecule has 0 aromatic rings. The van der Waals surface area contributed by atoms with Gasteiger partial charge in [0, 0.05) is 18.6 Å². The standard InChI is InChI=1S/C11H21F3N2/c1-8(2)10(6-15-3)16(9-4-5-9)7-11(12,13)14/h8-10,15H,4-7H2,1-3H3. The SMILES string of the molecule is CNCC(C(C)C)N(CC(F)(F)F)C1CC1. The highest BCUT2D eigenvalue weighted by Gasteiger charge is 2.41. The van der Waals surface area contributed by atoms with Crippen LogP contribution >= 0.6 is 0 Å². The third-order valence-electron chi connectivity index (χ3n) is 2.99. The summed E-state index contributed by atoms with van der Waals surface area (Å²) < 4.78 is 37.5. The third-order valence-corrected chi connectivity index (χ3v) is 2.99. The molecule has 96 valence electrons. The summed E-state index contributed by atoms with van der Waals surface area (Å²) in [5.41, 5.74) is 0. The Bertz CT molecular complexity index is 212. The predicted octanol–water partition coefficient (Wildman–Crippen LogP) is 2.26. The molecule has 1 unspecified atom stereocenters. The summed E-state index contributed by atoms with van der Waals surface area (Å²) >= 11 is 0. The van der Waals surface area contributed by atoms with Gasteiger partial charge in [0.15, 0.2) is 0 Å². The highest BCUT2D eigenvalue weighted by Crippen LogP contribution is 2.33. The summed E-state index contributed by atoms with van der Waals surface area (Å²) in [6.45, 7) is 3.80. The Balaban J connectivity index is 2.65. The van der Waals surface area contributed by atoms with E-state index in [2.05, 4.69) is 5.32 Å². The van der Waals surface area contributed by atoms with Crippen LogP contribution in [-0.4, -0.2) is 43.3 Å². The molecule has 0 saturated heterocycles. The lowest BCUT2D eigenvalue weighted by atomic mass is 10.0. The van der Waals surface area contributed by atoms with E-state index in [1.54, 1.807) is 11.9 Å². The minimum Gasteiger partial charge on any atom is -0.318 e. The second kappa shape index (κ2) is 5.36. The van der Waals surface area contributed by atoms with E-state index in [0.29, 0.717) is 6.54 Å². The Kier molecular flexibility index (Phi) is 4.62. The molecule has 0 aliphatic heterocycles. The smallest absolute Gasteiger partial charge is 0.318 e. The van der Waals surface area contributed by atoms with Crippen molar-refractivity contribution in [3.63, 3.8) is 0 Å². The van der Waals surface area contributed by atoms with Crippen molar-refractivity contribution in [2.75, 3.05) is 20.1 Å². The Morgan fingerprint density at radius 2 is 1.88 bits per heavy atom. The van der Waals surface area contributed by atoms with Gasteiger partial charge in [-0.05, 0) is 25.8 Å². The molecule has 1 saturated carbocycles. The molecule has 0 bridgehead atoms. The van der Waals surface area contributed by atoms with Gasteiger partial charge in [0.25, 0.3) is 0 Å². The lowest BCUT2D eigenvalue weighted by Gasteiger charge is -2.35. The number of nitrogens with one attached hydrogen (secondary N) is 1. The summed E-state index contributed by atoms with van der Waals surface area (Å²) in [6, 6.07) is 0.112. The van der Waals surface area contributed by atoms with Crippen molar-refractivity contribution in [3.8, 4) is 0 Å². The second-order valence-electron chi connectivity index (χ2n) is 4.89. The van der Waals surface area contributed by atoms with Gasteiger partial charge in [-0.25, -0.2) is 0 Å². The first-order valence-corrected chi connectivity index (χ1v) is 5.82. The van der Waals surface area contributed by atoms with Crippen LogP contribution in [0.1, 0.15) is 26.7 Å². The van der Waals surface area contributed by atoms with Crippen molar-refractivity contribution in [1.82, 2.24) is 10.2 Å². The summed E-state index contributed by atoms with van der Waals surface area (Å²) in [5, 5.41) is 2.99. The molecule has 16 heavy (non-hydrogen) atoms. The zero-order valence-corrected chi connectivity index (χ0v) is 10.1. The Morgan fingerprint density at radius 3 is 2.19 bits per heavy atom. The molecule has 0 amide bonds. The van der Waals surface area contributed by atoms with Crippen molar-refractivity contribution >= 4 is 0 Å². The van der Waals surface area contributed by atoms with Crippen LogP contribution in [0.3, 0.4) is 0 Å². The molecule has 1 aliphatic carbocycles. The summed E-state index contributed by atoms with van der Waals surface area (Å²) in [6.07, 6.45) is -2.28. The van der Waals surface area contributed by atoms with Crippen LogP contribution in [0.2, 0.25) is 0 Å². The fourth-order valence-corrected chi connectivity index (χ4v) is 2.08. The molecular formula is C11H21F3N2. The Hall–Kier alpha value is -0.290. The molecule has 1 N–H and O–H groups in total. The van der Waals surface area contributed by atoms with Crippen molar-refractivity contribution in [2.45, 2.75) is 44.9 Å². The normalized spacial score (nSPS) is 19.5. The Morgan fingerprint density at radius 1 is 1.31 bits per heavy atom. The van der Waals surface area contributed by atoms with Gasteiger partial charge in [-0.2, -0.15) is 13.2 Å². The average molecular weight is 238 g/mol. The van der Waals surface area contributed by atoms with E-state index in [9.17, 15) is 13.2 Å². The molecule has 0 aromatic heterocycles. The van der Waals surface area contributed by atoms with Crippen LogP contribution in [0.15, 0.2) is 0 Å². The molecule has 1 atom stereocenters. The van der Waals surface area contributed by atoms with Gasteiger partial charge in [-0.1, -0.05) is 13.8 Å². The van der Waals surface area contributed by atoms with E-state index in [4.69, 9.17) is 0 Å². The first-order valence-electron chi connectivity index (χ1n) is 5.82. The maximum Gasteiger partial charge on any atom is 0.401 e. The first-order chi connectivity index (χ1) is 7.35.